The largest absolute Gasteiger partial charge is 0.496 e. The van der Waals surface area contributed by atoms with Crippen LogP contribution in [0.15, 0.2) is 84.9 Å². The van der Waals surface area contributed by atoms with Gasteiger partial charge < -0.3 is 40.6 Å². The summed E-state index contributed by atoms with van der Waals surface area (Å²) in [6, 6.07) is 24.8. The molecule has 0 atom stereocenters. The van der Waals surface area contributed by atoms with Crippen LogP contribution >= 0.6 is 0 Å². The maximum atomic E-state index is 12.3. The molecule has 9 heteroatoms. The van der Waals surface area contributed by atoms with Crippen LogP contribution in [0.25, 0.3) is 6.08 Å². The van der Waals surface area contributed by atoms with Crippen LogP contribution in [0.5, 0.6) is 23.0 Å². The number of para-hydroxylation sites is 2. The summed E-state index contributed by atoms with van der Waals surface area (Å²) in [5, 5.41) is 9.67. The number of nitrogen functional groups attached to an aromatic ring is 1. The van der Waals surface area contributed by atoms with Gasteiger partial charge in [-0.3, -0.25) is 4.79 Å². The first-order valence-corrected chi connectivity index (χ1v) is 13.3. The molecule has 4 rings (SSSR count). The number of nitrogens with two attached hydrogens (primary N) is 1. The fourth-order valence-corrected chi connectivity index (χ4v) is 4.32. The number of rotatable bonds is 13. The van der Waals surface area contributed by atoms with Gasteiger partial charge in [-0.25, -0.2) is 0 Å². The second-order valence-electron chi connectivity index (χ2n) is 9.30. The molecule has 0 aliphatic rings. The van der Waals surface area contributed by atoms with Crippen LogP contribution < -0.4 is 40.6 Å². The summed E-state index contributed by atoms with van der Waals surface area (Å²) in [5.41, 5.74) is 11.8. The number of hydrogen-bond donors (Lipinski definition) is 4. The van der Waals surface area contributed by atoms with Gasteiger partial charge in [0.05, 0.1) is 39.8 Å². The number of carbonyl (C=O) groups excluding carboxylic acids is 1. The molecule has 0 aromatic heterocycles. The molecule has 4 aromatic carbocycles. The molecule has 0 unspecified atom stereocenters. The van der Waals surface area contributed by atoms with Crippen molar-refractivity contribution in [3.05, 3.63) is 102 Å². The first-order chi connectivity index (χ1) is 20.4. The molecular formula is C33H36N4O5. The number of methoxy groups -OCH3 is 4. The van der Waals surface area contributed by atoms with Crippen molar-refractivity contribution in [2.75, 3.05) is 50.1 Å². The zero-order valence-electron chi connectivity index (χ0n) is 24.2. The van der Waals surface area contributed by atoms with Crippen LogP contribution in [0.1, 0.15) is 16.7 Å². The van der Waals surface area contributed by atoms with Crippen LogP contribution in [-0.2, 0) is 17.9 Å². The SMILES string of the molecule is COc1ccc(NCc2ccc(/C=C/C(=O)Nc3ccccc3N)cc2)cc1CNc1cc(OC)c(OC)c(OC)c1. The van der Waals surface area contributed by atoms with Crippen molar-refractivity contribution >= 4 is 34.7 Å². The highest BCUT2D eigenvalue weighted by Crippen LogP contribution is 2.40. The van der Waals surface area contributed by atoms with Crippen LogP contribution in [0.3, 0.4) is 0 Å². The van der Waals surface area contributed by atoms with E-state index in [4.69, 9.17) is 24.7 Å². The van der Waals surface area contributed by atoms with Gasteiger partial charge >= 0.3 is 0 Å². The summed E-state index contributed by atoms with van der Waals surface area (Å²) in [6.07, 6.45) is 3.26. The van der Waals surface area contributed by atoms with Crippen molar-refractivity contribution < 1.29 is 23.7 Å². The maximum Gasteiger partial charge on any atom is 0.248 e. The molecular weight excluding hydrogens is 532 g/mol. The third kappa shape index (κ3) is 7.66. The average Bonchev–Trinajstić information content (AvgIpc) is 3.02. The number of amides is 1. The quantitative estimate of drug-likeness (QED) is 0.112. The van der Waals surface area contributed by atoms with Gasteiger partial charge in [-0.05, 0) is 47.5 Å². The topological polar surface area (TPSA) is 116 Å². The Hall–Kier alpha value is -5.31. The summed E-state index contributed by atoms with van der Waals surface area (Å²) in [7, 11) is 6.41. The predicted molar refractivity (Wildman–Crippen MR) is 169 cm³/mol. The summed E-state index contributed by atoms with van der Waals surface area (Å²) in [6.45, 7) is 1.15. The Morgan fingerprint density at radius 2 is 1.40 bits per heavy atom. The van der Waals surface area contributed by atoms with Gasteiger partial charge in [-0.2, -0.15) is 0 Å². The van der Waals surface area contributed by atoms with Gasteiger partial charge in [0, 0.05) is 48.2 Å². The molecule has 42 heavy (non-hydrogen) atoms. The van der Waals surface area contributed by atoms with Gasteiger partial charge in [0.25, 0.3) is 0 Å². The van der Waals surface area contributed by atoms with E-state index in [9.17, 15) is 4.79 Å². The predicted octanol–water partition coefficient (Wildman–Crippen LogP) is 6.18. The number of ether oxygens (including phenoxy) is 4. The van der Waals surface area contributed by atoms with E-state index in [2.05, 4.69) is 22.0 Å². The molecule has 0 bridgehead atoms. The van der Waals surface area contributed by atoms with Crippen molar-refractivity contribution in [2.24, 2.45) is 0 Å². The van der Waals surface area contributed by atoms with E-state index in [0.29, 0.717) is 41.7 Å². The standard InChI is InChI=1S/C33H36N4O5/c1-39-29-15-14-25(17-24(29)21-36-26-18-30(40-2)33(42-4)31(19-26)41-3)35-20-23-11-9-22(10-12-23)13-16-32(38)37-28-8-6-5-7-27(28)34/h5-19,35-36H,20-21,34H2,1-4H3,(H,37,38)/b16-13+. The molecule has 0 aliphatic heterocycles. The molecule has 0 aliphatic carbocycles. The van der Waals surface area contributed by atoms with Gasteiger partial charge in [-0.1, -0.05) is 36.4 Å². The third-order valence-electron chi connectivity index (χ3n) is 6.55. The monoisotopic (exact) mass is 568 g/mol. The van der Waals surface area contributed by atoms with Gasteiger partial charge in [-0.15, -0.1) is 0 Å². The molecule has 0 heterocycles. The lowest BCUT2D eigenvalue weighted by atomic mass is 10.1. The summed E-state index contributed by atoms with van der Waals surface area (Å²) < 4.78 is 21.9. The average molecular weight is 569 g/mol. The van der Waals surface area contributed by atoms with E-state index in [0.717, 1.165) is 33.8 Å². The summed E-state index contributed by atoms with van der Waals surface area (Å²) in [4.78, 5) is 12.3. The fraction of sp³-hybridized carbons (Fsp3) is 0.182. The van der Waals surface area contributed by atoms with E-state index in [1.165, 1.54) is 6.08 Å². The Morgan fingerprint density at radius 3 is 2.05 bits per heavy atom. The summed E-state index contributed by atoms with van der Waals surface area (Å²) in [5.74, 6) is 2.22. The van der Waals surface area contributed by atoms with Crippen molar-refractivity contribution in [1.29, 1.82) is 0 Å². The third-order valence-corrected chi connectivity index (χ3v) is 6.55. The number of benzene rings is 4. The van der Waals surface area contributed by atoms with Crippen LogP contribution in [0, 0.1) is 0 Å². The van der Waals surface area contributed by atoms with E-state index in [1.54, 1.807) is 46.6 Å². The maximum absolute atomic E-state index is 12.3. The van der Waals surface area contributed by atoms with E-state index < -0.39 is 0 Å². The number of anilines is 4. The minimum absolute atomic E-state index is 0.242. The molecule has 0 radical (unpaired) electrons. The second kappa shape index (κ2) is 14.4. The van der Waals surface area contributed by atoms with E-state index >= 15 is 0 Å². The van der Waals surface area contributed by atoms with Crippen LogP contribution in [-0.4, -0.2) is 34.3 Å². The van der Waals surface area contributed by atoms with Gasteiger partial charge in [0.1, 0.15) is 5.75 Å². The zero-order chi connectivity index (χ0) is 29.9. The van der Waals surface area contributed by atoms with Crippen LogP contribution in [0.4, 0.5) is 22.7 Å². The second-order valence-corrected chi connectivity index (χ2v) is 9.30. The lowest BCUT2D eigenvalue weighted by molar-refractivity contribution is -0.111. The minimum atomic E-state index is -0.242. The van der Waals surface area contributed by atoms with Gasteiger partial charge in [0.15, 0.2) is 11.5 Å². The van der Waals surface area contributed by atoms with Crippen molar-refractivity contribution in [3.8, 4) is 23.0 Å². The van der Waals surface area contributed by atoms with Crippen molar-refractivity contribution in [2.45, 2.75) is 13.1 Å². The Labute approximate surface area is 246 Å². The first-order valence-electron chi connectivity index (χ1n) is 13.3. The summed E-state index contributed by atoms with van der Waals surface area (Å²) >= 11 is 0. The smallest absolute Gasteiger partial charge is 0.248 e. The molecule has 4 aromatic rings. The van der Waals surface area contributed by atoms with E-state index in [1.807, 2.05) is 60.7 Å². The highest BCUT2D eigenvalue weighted by Gasteiger charge is 2.14. The molecule has 5 N–H and O–H groups in total. The Kier molecular flexibility index (Phi) is 10.1. The Morgan fingerprint density at radius 1 is 0.738 bits per heavy atom. The normalized spacial score (nSPS) is 10.7. The van der Waals surface area contributed by atoms with Crippen LogP contribution in [0.2, 0.25) is 0 Å². The number of carbonyl (C=O) groups is 1. The highest BCUT2D eigenvalue weighted by molar-refractivity contribution is 6.03. The fourth-order valence-electron chi connectivity index (χ4n) is 4.32. The molecule has 0 fully saturated rings. The van der Waals surface area contributed by atoms with Crippen molar-refractivity contribution in [3.63, 3.8) is 0 Å². The first kappa shape index (κ1) is 29.7. The highest BCUT2D eigenvalue weighted by atomic mass is 16.5. The Balaban J connectivity index is 1.36. The number of hydrogen-bond acceptors (Lipinski definition) is 8. The number of nitrogens with one attached hydrogen (secondary N) is 3. The molecule has 9 nitrogen and oxygen atoms in total. The lowest BCUT2D eigenvalue weighted by Crippen LogP contribution is -2.09. The van der Waals surface area contributed by atoms with E-state index in [-0.39, 0.29) is 5.91 Å². The lowest BCUT2D eigenvalue weighted by Gasteiger charge is -2.16. The minimum Gasteiger partial charge on any atom is -0.496 e. The molecule has 0 saturated carbocycles. The zero-order valence-corrected chi connectivity index (χ0v) is 24.2. The molecule has 0 spiro atoms. The van der Waals surface area contributed by atoms with Crippen molar-refractivity contribution in [1.82, 2.24) is 0 Å². The molecule has 1 amide bonds. The molecule has 0 saturated heterocycles. The Bertz CT molecular complexity index is 1510. The van der Waals surface area contributed by atoms with Gasteiger partial charge in [0.2, 0.25) is 11.7 Å². The molecule has 218 valence electrons.